The number of nitrogens with zero attached hydrogens (tertiary/aromatic N) is 1. The van der Waals surface area contributed by atoms with Gasteiger partial charge in [-0.05, 0) is 33.5 Å². The molecule has 1 heterocycles. The van der Waals surface area contributed by atoms with Crippen LogP contribution < -0.4 is 10.6 Å². The van der Waals surface area contributed by atoms with E-state index in [1.54, 1.807) is 7.11 Å². The molecule has 100 valence electrons. The lowest BCUT2D eigenvalue weighted by Crippen LogP contribution is -2.47. The van der Waals surface area contributed by atoms with E-state index in [1.165, 1.54) is 0 Å². The molecule has 3 atom stereocenters. The van der Waals surface area contributed by atoms with Gasteiger partial charge >= 0.3 is 0 Å². The fourth-order valence-electron chi connectivity index (χ4n) is 2.25. The van der Waals surface area contributed by atoms with Crippen LogP contribution in [-0.2, 0) is 9.53 Å². The van der Waals surface area contributed by atoms with Crippen molar-refractivity contribution in [2.75, 3.05) is 34.4 Å². The molecular weight excluding hydrogens is 218 g/mol. The van der Waals surface area contributed by atoms with Gasteiger partial charge in [0, 0.05) is 13.2 Å². The molecule has 1 saturated heterocycles. The average Bonchev–Trinajstić information content (AvgIpc) is 2.80. The van der Waals surface area contributed by atoms with Crippen LogP contribution in [0.4, 0.5) is 0 Å². The first-order valence-corrected chi connectivity index (χ1v) is 6.25. The minimum Gasteiger partial charge on any atom is -0.379 e. The number of hydrogen-bond acceptors (Lipinski definition) is 4. The molecule has 1 rings (SSSR count). The quantitative estimate of drug-likeness (QED) is 0.646. The summed E-state index contributed by atoms with van der Waals surface area (Å²) in [6, 6.07) is 0.306. The van der Waals surface area contributed by atoms with Crippen molar-refractivity contribution in [3.8, 4) is 0 Å². The first-order chi connectivity index (χ1) is 8.06. The van der Waals surface area contributed by atoms with Crippen molar-refractivity contribution in [2.45, 2.75) is 31.9 Å². The number of rotatable bonds is 6. The Kier molecular flexibility index (Phi) is 5.88. The third-order valence-corrected chi connectivity index (χ3v) is 3.24. The van der Waals surface area contributed by atoms with Gasteiger partial charge in [-0.2, -0.15) is 0 Å². The van der Waals surface area contributed by atoms with Crippen LogP contribution in [0.15, 0.2) is 0 Å². The van der Waals surface area contributed by atoms with Crippen molar-refractivity contribution in [1.29, 1.82) is 0 Å². The molecule has 5 heteroatoms. The molecule has 0 aromatic heterocycles. The highest BCUT2D eigenvalue weighted by Gasteiger charge is 2.32. The maximum atomic E-state index is 12.0. The van der Waals surface area contributed by atoms with E-state index in [4.69, 9.17) is 4.74 Å². The van der Waals surface area contributed by atoms with Gasteiger partial charge in [0.1, 0.15) is 0 Å². The summed E-state index contributed by atoms with van der Waals surface area (Å²) in [6.45, 7) is 3.52. The third-order valence-electron chi connectivity index (χ3n) is 3.24. The lowest BCUT2D eigenvalue weighted by molar-refractivity contribution is -0.130. The molecule has 0 radical (unpaired) electrons. The molecule has 0 aromatic rings. The number of ether oxygens (including phenoxy) is 1. The molecule has 1 fully saturated rings. The Morgan fingerprint density at radius 1 is 1.59 bits per heavy atom. The van der Waals surface area contributed by atoms with E-state index >= 15 is 0 Å². The van der Waals surface area contributed by atoms with Crippen LogP contribution in [0.1, 0.15) is 19.8 Å². The summed E-state index contributed by atoms with van der Waals surface area (Å²) < 4.78 is 5.49. The minimum atomic E-state index is -0.129. The Balaban J connectivity index is 2.46. The van der Waals surface area contributed by atoms with Crippen molar-refractivity contribution in [3.05, 3.63) is 0 Å². The first kappa shape index (κ1) is 14.4. The standard InChI is InChI=1S/C12H25N3O2/c1-9(12(16)14-8-15(2)3)11(17-4)10-6-5-7-13-10/h9-11,13H,5-8H2,1-4H3,(H,14,16)/t9-,10+,11-/m1/s1. The topological polar surface area (TPSA) is 53.6 Å². The summed E-state index contributed by atoms with van der Waals surface area (Å²) in [6.07, 6.45) is 2.21. The largest absolute Gasteiger partial charge is 0.379 e. The SMILES string of the molecule is CO[C@@H]([C@@H]1CCCN1)[C@@H](C)C(=O)NCN(C)C. The maximum absolute atomic E-state index is 12.0. The van der Waals surface area contributed by atoms with Gasteiger partial charge in [-0.15, -0.1) is 0 Å². The second-order valence-corrected chi connectivity index (χ2v) is 4.97. The number of carbonyl (C=O) groups is 1. The zero-order chi connectivity index (χ0) is 12.8. The number of amides is 1. The van der Waals surface area contributed by atoms with E-state index in [0.717, 1.165) is 19.4 Å². The second kappa shape index (κ2) is 6.93. The molecule has 17 heavy (non-hydrogen) atoms. The van der Waals surface area contributed by atoms with E-state index in [0.29, 0.717) is 12.7 Å². The Morgan fingerprint density at radius 3 is 2.76 bits per heavy atom. The molecular formula is C12H25N3O2. The number of hydrogen-bond donors (Lipinski definition) is 2. The van der Waals surface area contributed by atoms with Gasteiger partial charge in [0.15, 0.2) is 0 Å². The normalized spacial score (nSPS) is 23.7. The molecule has 0 aromatic carbocycles. The molecule has 0 saturated carbocycles. The number of nitrogens with one attached hydrogen (secondary N) is 2. The zero-order valence-electron chi connectivity index (χ0n) is 11.3. The van der Waals surface area contributed by atoms with Gasteiger partial charge in [-0.1, -0.05) is 6.92 Å². The highest BCUT2D eigenvalue weighted by molar-refractivity contribution is 5.78. The van der Waals surface area contributed by atoms with Crippen LogP contribution in [-0.4, -0.2) is 57.4 Å². The Labute approximate surface area is 104 Å². The van der Waals surface area contributed by atoms with Crippen molar-refractivity contribution < 1.29 is 9.53 Å². The van der Waals surface area contributed by atoms with Crippen LogP contribution in [0.5, 0.6) is 0 Å². The van der Waals surface area contributed by atoms with Crippen molar-refractivity contribution in [3.63, 3.8) is 0 Å². The molecule has 2 N–H and O–H groups in total. The molecule has 1 aliphatic rings. The first-order valence-electron chi connectivity index (χ1n) is 6.25. The summed E-state index contributed by atoms with van der Waals surface area (Å²) in [7, 11) is 5.54. The van der Waals surface area contributed by atoms with E-state index in [-0.39, 0.29) is 17.9 Å². The monoisotopic (exact) mass is 243 g/mol. The Bertz CT molecular complexity index is 240. The van der Waals surface area contributed by atoms with Gasteiger partial charge in [0.2, 0.25) is 5.91 Å². The fraction of sp³-hybridized carbons (Fsp3) is 0.917. The van der Waals surface area contributed by atoms with Crippen molar-refractivity contribution in [2.24, 2.45) is 5.92 Å². The summed E-state index contributed by atoms with van der Waals surface area (Å²) in [5.74, 6) is -0.0743. The molecule has 1 amide bonds. The maximum Gasteiger partial charge on any atom is 0.226 e. The Hall–Kier alpha value is -0.650. The van der Waals surface area contributed by atoms with Crippen LogP contribution >= 0.6 is 0 Å². The summed E-state index contributed by atoms with van der Waals surface area (Å²) in [4.78, 5) is 13.9. The fourth-order valence-corrected chi connectivity index (χ4v) is 2.25. The molecule has 0 aliphatic carbocycles. The van der Waals surface area contributed by atoms with Crippen molar-refractivity contribution in [1.82, 2.24) is 15.5 Å². The smallest absolute Gasteiger partial charge is 0.226 e. The molecule has 1 aliphatic heterocycles. The summed E-state index contributed by atoms with van der Waals surface area (Å²) >= 11 is 0. The highest BCUT2D eigenvalue weighted by Crippen LogP contribution is 2.18. The predicted molar refractivity (Wildman–Crippen MR) is 67.7 cm³/mol. The molecule has 0 bridgehead atoms. The number of carbonyl (C=O) groups excluding carboxylic acids is 1. The predicted octanol–water partition coefficient (Wildman–Crippen LogP) is 0.0248. The molecule has 5 nitrogen and oxygen atoms in total. The van der Waals surface area contributed by atoms with Crippen molar-refractivity contribution >= 4 is 5.91 Å². The minimum absolute atomic E-state index is 0.0420. The third kappa shape index (κ3) is 4.26. The lowest BCUT2D eigenvalue weighted by atomic mass is 9.96. The van der Waals surface area contributed by atoms with E-state index < -0.39 is 0 Å². The van der Waals surface area contributed by atoms with Crippen LogP contribution in [0.3, 0.4) is 0 Å². The van der Waals surface area contributed by atoms with E-state index in [9.17, 15) is 4.79 Å². The highest BCUT2D eigenvalue weighted by atomic mass is 16.5. The Morgan fingerprint density at radius 2 is 2.29 bits per heavy atom. The van der Waals surface area contributed by atoms with Gasteiger partial charge in [-0.25, -0.2) is 0 Å². The molecule has 0 unspecified atom stereocenters. The van der Waals surface area contributed by atoms with Gasteiger partial charge in [0.05, 0.1) is 18.7 Å². The number of methoxy groups -OCH3 is 1. The average molecular weight is 243 g/mol. The summed E-state index contributed by atoms with van der Waals surface area (Å²) in [5.41, 5.74) is 0. The molecule has 0 spiro atoms. The zero-order valence-corrected chi connectivity index (χ0v) is 11.3. The van der Waals surface area contributed by atoms with Gasteiger partial charge in [0.25, 0.3) is 0 Å². The van der Waals surface area contributed by atoms with Crippen LogP contribution in [0, 0.1) is 5.92 Å². The van der Waals surface area contributed by atoms with Crippen LogP contribution in [0.25, 0.3) is 0 Å². The second-order valence-electron chi connectivity index (χ2n) is 4.97. The van der Waals surface area contributed by atoms with E-state index in [1.807, 2.05) is 25.9 Å². The van der Waals surface area contributed by atoms with Gasteiger partial charge in [-0.3, -0.25) is 9.69 Å². The van der Waals surface area contributed by atoms with Crippen LogP contribution in [0.2, 0.25) is 0 Å². The van der Waals surface area contributed by atoms with E-state index in [2.05, 4.69) is 10.6 Å². The summed E-state index contributed by atoms with van der Waals surface area (Å²) in [5, 5.41) is 6.29. The van der Waals surface area contributed by atoms with Gasteiger partial charge < -0.3 is 15.4 Å². The lowest BCUT2D eigenvalue weighted by Gasteiger charge is -2.27.